The van der Waals surface area contributed by atoms with Gasteiger partial charge in [-0.3, -0.25) is 14.5 Å². The van der Waals surface area contributed by atoms with E-state index in [-0.39, 0.29) is 24.5 Å². The van der Waals surface area contributed by atoms with Crippen molar-refractivity contribution in [3.63, 3.8) is 0 Å². The van der Waals surface area contributed by atoms with Gasteiger partial charge in [-0.1, -0.05) is 37.3 Å². The van der Waals surface area contributed by atoms with Crippen LogP contribution in [0.25, 0.3) is 0 Å². The smallest absolute Gasteiger partial charge is 0.258 e. The minimum absolute atomic E-state index is 0.00105. The summed E-state index contributed by atoms with van der Waals surface area (Å²) in [5.74, 6) is 1.10. The molecule has 2 fully saturated rings. The summed E-state index contributed by atoms with van der Waals surface area (Å²) in [6.07, 6.45) is 2.46. The standard InChI is InChI=1S/C25H31N3O3/c1-19-16-27(17-20-6-3-2-4-7-20)15-13-23(19)26-24(29)18-31-22-11-9-21(10-12-22)28-14-5-8-25(28)30/h2-4,6-7,9-12,19,23H,5,8,13-18H2,1H3,(H,26,29). The number of nitrogens with zero attached hydrogens (tertiary/aromatic N) is 2. The predicted octanol–water partition coefficient (Wildman–Crippen LogP) is 3.22. The minimum atomic E-state index is -0.0906. The van der Waals surface area contributed by atoms with E-state index < -0.39 is 0 Å². The van der Waals surface area contributed by atoms with E-state index in [0.717, 1.165) is 44.7 Å². The highest BCUT2D eigenvalue weighted by Crippen LogP contribution is 2.24. The molecule has 164 valence electrons. The van der Waals surface area contributed by atoms with Crippen molar-refractivity contribution >= 4 is 17.5 Å². The molecule has 0 saturated carbocycles. The van der Waals surface area contributed by atoms with Crippen LogP contribution in [0.5, 0.6) is 5.75 Å². The summed E-state index contributed by atoms with van der Waals surface area (Å²) in [7, 11) is 0. The number of ether oxygens (including phenoxy) is 1. The van der Waals surface area contributed by atoms with E-state index in [2.05, 4.69) is 41.4 Å². The molecule has 2 aliphatic rings. The van der Waals surface area contributed by atoms with Crippen molar-refractivity contribution in [2.75, 3.05) is 31.1 Å². The number of amides is 2. The molecule has 2 aromatic rings. The Morgan fingerprint density at radius 3 is 2.55 bits per heavy atom. The maximum atomic E-state index is 12.4. The molecule has 6 nitrogen and oxygen atoms in total. The van der Waals surface area contributed by atoms with E-state index >= 15 is 0 Å². The third-order valence-electron chi connectivity index (χ3n) is 6.18. The van der Waals surface area contributed by atoms with E-state index in [4.69, 9.17) is 4.74 Å². The molecule has 4 rings (SSSR count). The molecular weight excluding hydrogens is 390 g/mol. The zero-order valence-corrected chi connectivity index (χ0v) is 18.1. The first-order valence-electron chi connectivity index (χ1n) is 11.2. The van der Waals surface area contributed by atoms with Gasteiger partial charge in [0, 0.05) is 44.3 Å². The SMILES string of the molecule is CC1CN(Cc2ccccc2)CCC1NC(=O)COc1ccc(N2CCCC2=O)cc1. The summed E-state index contributed by atoms with van der Waals surface area (Å²) in [5, 5.41) is 3.14. The molecule has 2 saturated heterocycles. The molecule has 2 heterocycles. The lowest BCUT2D eigenvalue weighted by Crippen LogP contribution is -2.50. The Labute approximate surface area is 184 Å². The van der Waals surface area contributed by atoms with E-state index in [1.165, 1.54) is 5.56 Å². The van der Waals surface area contributed by atoms with Crippen molar-refractivity contribution < 1.29 is 14.3 Å². The third-order valence-corrected chi connectivity index (χ3v) is 6.18. The van der Waals surface area contributed by atoms with Gasteiger partial charge in [-0.15, -0.1) is 0 Å². The summed E-state index contributed by atoms with van der Waals surface area (Å²) >= 11 is 0. The highest BCUT2D eigenvalue weighted by molar-refractivity contribution is 5.95. The van der Waals surface area contributed by atoms with Crippen LogP contribution in [0.4, 0.5) is 5.69 Å². The van der Waals surface area contributed by atoms with E-state index in [1.807, 2.05) is 30.3 Å². The first kappa shape index (κ1) is 21.4. The van der Waals surface area contributed by atoms with Gasteiger partial charge in [0.15, 0.2) is 6.61 Å². The van der Waals surface area contributed by atoms with Crippen molar-refractivity contribution in [3.8, 4) is 5.75 Å². The molecule has 2 amide bonds. The van der Waals surface area contributed by atoms with Crippen LogP contribution in [-0.2, 0) is 16.1 Å². The van der Waals surface area contributed by atoms with Gasteiger partial charge >= 0.3 is 0 Å². The maximum Gasteiger partial charge on any atom is 0.258 e. The van der Waals surface area contributed by atoms with Crippen LogP contribution in [0.1, 0.15) is 31.7 Å². The zero-order chi connectivity index (χ0) is 21.6. The Balaban J connectivity index is 1.21. The van der Waals surface area contributed by atoms with Gasteiger partial charge in [-0.05, 0) is 48.6 Å². The lowest BCUT2D eigenvalue weighted by molar-refractivity contribution is -0.124. The second kappa shape index (κ2) is 9.96. The van der Waals surface area contributed by atoms with Gasteiger partial charge in [0.25, 0.3) is 5.91 Å². The molecule has 2 aromatic carbocycles. The third kappa shape index (κ3) is 5.64. The molecule has 1 N–H and O–H groups in total. The number of likely N-dealkylation sites (tertiary alicyclic amines) is 1. The molecule has 0 bridgehead atoms. The van der Waals surface area contributed by atoms with E-state index in [0.29, 0.717) is 18.1 Å². The number of carbonyl (C=O) groups excluding carboxylic acids is 2. The molecule has 6 heteroatoms. The Hall–Kier alpha value is -2.86. The summed E-state index contributed by atoms with van der Waals surface area (Å²) in [5.41, 5.74) is 2.21. The zero-order valence-electron chi connectivity index (χ0n) is 18.1. The van der Waals surface area contributed by atoms with Crippen molar-refractivity contribution in [2.45, 2.75) is 38.8 Å². The first-order chi connectivity index (χ1) is 15.1. The molecule has 0 aromatic heterocycles. The van der Waals surface area contributed by atoms with Crippen molar-refractivity contribution in [1.29, 1.82) is 0 Å². The van der Waals surface area contributed by atoms with Crippen molar-refractivity contribution in [2.24, 2.45) is 5.92 Å². The van der Waals surface area contributed by atoms with Gasteiger partial charge in [0.05, 0.1) is 0 Å². The Morgan fingerprint density at radius 1 is 1.10 bits per heavy atom. The molecule has 0 aliphatic carbocycles. The highest BCUT2D eigenvalue weighted by Gasteiger charge is 2.27. The molecule has 2 aliphatic heterocycles. The number of benzene rings is 2. The maximum absolute atomic E-state index is 12.4. The predicted molar refractivity (Wildman–Crippen MR) is 121 cm³/mol. The summed E-state index contributed by atoms with van der Waals surface area (Å²) in [6, 6.07) is 18.1. The average Bonchev–Trinajstić information content (AvgIpc) is 3.21. The minimum Gasteiger partial charge on any atom is -0.484 e. The van der Waals surface area contributed by atoms with Gasteiger partial charge in [-0.2, -0.15) is 0 Å². The number of carbonyl (C=O) groups is 2. The van der Waals surface area contributed by atoms with Crippen LogP contribution >= 0.6 is 0 Å². The van der Waals surface area contributed by atoms with Crippen LogP contribution < -0.4 is 15.0 Å². The van der Waals surface area contributed by atoms with Crippen LogP contribution in [0.15, 0.2) is 54.6 Å². The van der Waals surface area contributed by atoms with Crippen molar-refractivity contribution in [3.05, 3.63) is 60.2 Å². The monoisotopic (exact) mass is 421 g/mol. The van der Waals surface area contributed by atoms with Crippen LogP contribution in [0.3, 0.4) is 0 Å². The van der Waals surface area contributed by atoms with Gasteiger partial charge in [0.1, 0.15) is 5.75 Å². The largest absolute Gasteiger partial charge is 0.484 e. The number of hydrogen-bond donors (Lipinski definition) is 1. The van der Waals surface area contributed by atoms with Crippen LogP contribution in [-0.4, -0.2) is 49.0 Å². The van der Waals surface area contributed by atoms with Gasteiger partial charge < -0.3 is 15.0 Å². The van der Waals surface area contributed by atoms with E-state index in [1.54, 1.807) is 4.90 Å². The number of rotatable bonds is 7. The van der Waals surface area contributed by atoms with Gasteiger partial charge in [0.2, 0.25) is 5.91 Å². The molecule has 31 heavy (non-hydrogen) atoms. The number of nitrogens with one attached hydrogen (secondary N) is 1. The van der Waals surface area contributed by atoms with Crippen LogP contribution in [0.2, 0.25) is 0 Å². The number of piperidine rings is 1. The number of hydrogen-bond acceptors (Lipinski definition) is 4. The fourth-order valence-electron chi connectivity index (χ4n) is 4.47. The molecule has 2 unspecified atom stereocenters. The van der Waals surface area contributed by atoms with Crippen molar-refractivity contribution in [1.82, 2.24) is 10.2 Å². The van der Waals surface area contributed by atoms with Crippen LogP contribution in [0, 0.1) is 5.92 Å². The fourth-order valence-corrected chi connectivity index (χ4v) is 4.47. The second-order valence-corrected chi connectivity index (χ2v) is 8.59. The molecule has 0 radical (unpaired) electrons. The molecular formula is C25H31N3O3. The topological polar surface area (TPSA) is 61.9 Å². The lowest BCUT2D eigenvalue weighted by atomic mass is 9.93. The normalized spacial score (nSPS) is 21.8. The lowest BCUT2D eigenvalue weighted by Gasteiger charge is -2.37. The summed E-state index contributed by atoms with van der Waals surface area (Å²) in [4.78, 5) is 28.5. The summed E-state index contributed by atoms with van der Waals surface area (Å²) < 4.78 is 5.66. The fraction of sp³-hybridized carbons (Fsp3) is 0.440. The highest BCUT2D eigenvalue weighted by atomic mass is 16.5. The Bertz CT molecular complexity index is 885. The van der Waals surface area contributed by atoms with E-state index in [9.17, 15) is 9.59 Å². The Kier molecular flexibility index (Phi) is 6.87. The Morgan fingerprint density at radius 2 is 1.87 bits per heavy atom. The summed E-state index contributed by atoms with van der Waals surface area (Å²) in [6.45, 7) is 5.86. The quantitative estimate of drug-likeness (QED) is 0.746. The average molecular weight is 422 g/mol. The van der Waals surface area contributed by atoms with Gasteiger partial charge in [-0.25, -0.2) is 0 Å². The number of anilines is 1. The second-order valence-electron chi connectivity index (χ2n) is 8.59. The first-order valence-corrected chi connectivity index (χ1v) is 11.2. The molecule has 2 atom stereocenters. The molecule has 0 spiro atoms.